The highest BCUT2D eigenvalue weighted by Crippen LogP contribution is 2.13. The molecule has 0 radical (unpaired) electrons. The third-order valence-corrected chi connectivity index (χ3v) is 4.42. The van der Waals surface area contributed by atoms with Crippen LogP contribution in [-0.4, -0.2) is 38.7 Å². The van der Waals surface area contributed by atoms with Gasteiger partial charge in [-0.25, -0.2) is 0 Å². The van der Waals surface area contributed by atoms with Crippen LogP contribution in [-0.2, 0) is 19.0 Å². The molecule has 2 atom stereocenters. The normalized spacial score (nSPS) is 13.3. The topological polar surface area (TPSA) is 54.0 Å². The molecular formula is C22H36O5. The summed E-state index contributed by atoms with van der Waals surface area (Å²) in [6.07, 6.45) is 7.65. The van der Waals surface area contributed by atoms with Crippen molar-refractivity contribution in [1.29, 1.82) is 0 Å². The Kier molecular flexibility index (Phi) is 13.7. The fraction of sp³-hybridized carbons (Fsp3) is 0.682. The molecule has 2 unspecified atom stereocenters. The van der Waals surface area contributed by atoms with E-state index in [1.807, 2.05) is 18.2 Å². The number of benzene rings is 1. The van der Waals surface area contributed by atoms with Crippen LogP contribution in [0.2, 0.25) is 0 Å². The van der Waals surface area contributed by atoms with Crippen LogP contribution in [0.1, 0.15) is 65.2 Å². The minimum Gasteiger partial charge on any atom is -0.427 e. The van der Waals surface area contributed by atoms with Gasteiger partial charge in [-0.3, -0.25) is 4.79 Å². The molecule has 0 aliphatic rings. The van der Waals surface area contributed by atoms with Gasteiger partial charge in [0.25, 0.3) is 0 Å². The molecule has 0 saturated carbocycles. The number of ether oxygens (including phenoxy) is 4. The highest BCUT2D eigenvalue weighted by Gasteiger charge is 2.08. The van der Waals surface area contributed by atoms with E-state index in [2.05, 4.69) is 13.8 Å². The molecule has 0 spiro atoms. The van der Waals surface area contributed by atoms with Crippen LogP contribution in [0.15, 0.2) is 30.3 Å². The number of methoxy groups -OCH3 is 1. The minimum atomic E-state index is -0.161. The maximum Gasteiger partial charge on any atom is 0.311 e. The lowest BCUT2D eigenvalue weighted by molar-refractivity contribution is -0.140. The van der Waals surface area contributed by atoms with E-state index in [9.17, 15) is 4.79 Å². The Morgan fingerprint density at radius 3 is 2.33 bits per heavy atom. The number of hydrogen-bond donors (Lipinski definition) is 0. The van der Waals surface area contributed by atoms with Crippen molar-refractivity contribution >= 4 is 5.97 Å². The van der Waals surface area contributed by atoms with Crippen molar-refractivity contribution in [3.8, 4) is 5.75 Å². The molecule has 0 N–H and O–H groups in total. The number of esters is 1. The number of carbonyl (C=O) groups excluding carboxylic acids is 1. The predicted molar refractivity (Wildman–Crippen MR) is 107 cm³/mol. The molecule has 0 saturated heterocycles. The summed E-state index contributed by atoms with van der Waals surface area (Å²) in [7, 11) is 1.68. The lowest BCUT2D eigenvalue weighted by atomic mass is 10.1. The van der Waals surface area contributed by atoms with Crippen molar-refractivity contribution in [2.45, 2.75) is 77.6 Å². The molecule has 0 amide bonds. The van der Waals surface area contributed by atoms with Gasteiger partial charge in [0.1, 0.15) is 5.75 Å². The van der Waals surface area contributed by atoms with Crippen LogP contribution in [0.25, 0.3) is 0 Å². The Labute approximate surface area is 164 Å². The summed E-state index contributed by atoms with van der Waals surface area (Å²) >= 11 is 0. The van der Waals surface area contributed by atoms with Gasteiger partial charge in [0.05, 0.1) is 19.3 Å². The van der Waals surface area contributed by atoms with Gasteiger partial charge in [-0.15, -0.1) is 0 Å². The van der Waals surface area contributed by atoms with E-state index < -0.39 is 0 Å². The van der Waals surface area contributed by atoms with E-state index in [0.717, 1.165) is 44.9 Å². The summed E-state index contributed by atoms with van der Waals surface area (Å²) < 4.78 is 21.9. The number of unbranched alkanes of at least 4 members (excludes halogenated alkanes) is 4. The van der Waals surface area contributed by atoms with Crippen LogP contribution in [0, 0.1) is 0 Å². The first kappa shape index (κ1) is 23.6. The van der Waals surface area contributed by atoms with Crippen LogP contribution in [0.3, 0.4) is 0 Å². The molecule has 1 rings (SSSR count). The summed E-state index contributed by atoms with van der Waals surface area (Å²) in [5, 5.41) is 0. The lowest BCUT2D eigenvalue weighted by Crippen LogP contribution is -2.20. The Morgan fingerprint density at radius 1 is 0.963 bits per heavy atom. The molecule has 5 nitrogen and oxygen atoms in total. The zero-order valence-corrected chi connectivity index (χ0v) is 17.2. The number of hydrogen-bond acceptors (Lipinski definition) is 5. The Hall–Kier alpha value is -1.43. The van der Waals surface area contributed by atoms with Gasteiger partial charge in [0.2, 0.25) is 0 Å². The molecule has 27 heavy (non-hydrogen) atoms. The maximum atomic E-state index is 11.8. The van der Waals surface area contributed by atoms with Gasteiger partial charge in [-0.1, -0.05) is 44.4 Å². The smallest absolute Gasteiger partial charge is 0.311 e. The number of para-hydroxylation sites is 1. The van der Waals surface area contributed by atoms with Crippen LogP contribution >= 0.6 is 0 Å². The van der Waals surface area contributed by atoms with Crippen molar-refractivity contribution in [2.24, 2.45) is 0 Å². The third-order valence-electron chi connectivity index (χ3n) is 4.42. The maximum absolute atomic E-state index is 11.8. The van der Waals surface area contributed by atoms with Crippen molar-refractivity contribution in [2.75, 3.05) is 20.3 Å². The van der Waals surface area contributed by atoms with Gasteiger partial charge < -0.3 is 18.9 Å². The van der Waals surface area contributed by atoms with Crippen molar-refractivity contribution in [1.82, 2.24) is 0 Å². The summed E-state index contributed by atoms with van der Waals surface area (Å²) in [5.41, 5.74) is 0. The quantitative estimate of drug-likeness (QED) is 0.172. The highest BCUT2D eigenvalue weighted by molar-refractivity contribution is 5.72. The van der Waals surface area contributed by atoms with Crippen molar-refractivity contribution < 1.29 is 23.7 Å². The fourth-order valence-electron chi connectivity index (χ4n) is 2.60. The van der Waals surface area contributed by atoms with Gasteiger partial charge in [0.15, 0.2) is 6.29 Å². The first-order chi connectivity index (χ1) is 13.2. The van der Waals surface area contributed by atoms with Crippen LogP contribution in [0.4, 0.5) is 0 Å². The Bertz CT molecular complexity index is 477. The molecule has 154 valence electrons. The first-order valence-electron chi connectivity index (χ1n) is 10.2. The second kappa shape index (κ2) is 15.6. The second-order valence-electron chi connectivity index (χ2n) is 6.72. The molecule has 0 aliphatic carbocycles. The summed E-state index contributed by atoms with van der Waals surface area (Å²) in [6, 6.07) is 9.21. The standard InChI is InChI=1S/C22H36O5/c1-4-19(2)25-17-18-26-22(24-3)16-12-7-5-6-11-15-21(23)27-20-13-9-8-10-14-20/h8-10,13-14,19,22H,4-7,11-12,15-18H2,1-3H3. The van der Waals surface area contributed by atoms with Gasteiger partial charge in [-0.05, 0) is 44.7 Å². The van der Waals surface area contributed by atoms with Crippen molar-refractivity contribution in [3.63, 3.8) is 0 Å². The molecule has 1 aromatic rings. The Balaban J connectivity index is 1.96. The van der Waals surface area contributed by atoms with E-state index in [0.29, 0.717) is 25.4 Å². The molecule has 0 fully saturated rings. The lowest BCUT2D eigenvalue weighted by Gasteiger charge is -2.17. The molecule has 1 aromatic carbocycles. The predicted octanol–water partition coefficient (Wildman–Crippen LogP) is 5.13. The summed E-state index contributed by atoms with van der Waals surface area (Å²) in [4.78, 5) is 11.8. The van der Waals surface area contributed by atoms with E-state index in [1.165, 1.54) is 0 Å². The number of carbonyl (C=O) groups is 1. The largest absolute Gasteiger partial charge is 0.427 e. The fourth-order valence-corrected chi connectivity index (χ4v) is 2.60. The zero-order valence-electron chi connectivity index (χ0n) is 17.2. The molecule has 0 aromatic heterocycles. The van der Waals surface area contributed by atoms with E-state index in [-0.39, 0.29) is 18.4 Å². The molecule has 0 bridgehead atoms. The third kappa shape index (κ3) is 12.6. The average molecular weight is 381 g/mol. The summed E-state index contributed by atoms with van der Waals surface area (Å²) in [6.45, 7) is 5.34. The Morgan fingerprint density at radius 2 is 1.63 bits per heavy atom. The minimum absolute atomic E-state index is 0.159. The van der Waals surface area contributed by atoms with Gasteiger partial charge >= 0.3 is 5.97 Å². The highest BCUT2D eigenvalue weighted by atomic mass is 16.7. The summed E-state index contributed by atoms with van der Waals surface area (Å²) in [5.74, 6) is 0.455. The molecular weight excluding hydrogens is 344 g/mol. The first-order valence-corrected chi connectivity index (χ1v) is 10.2. The van der Waals surface area contributed by atoms with Crippen LogP contribution < -0.4 is 4.74 Å². The second-order valence-corrected chi connectivity index (χ2v) is 6.72. The van der Waals surface area contributed by atoms with E-state index in [1.54, 1.807) is 19.2 Å². The molecule has 0 aliphatic heterocycles. The van der Waals surface area contributed by atoms with Gasteiger partial charge in [-0.2, -0.15) is 0 Å². The number of rotatable bonds is 16. The van der Waals surface area contributed by atoms with E-state index >= 15 is 0 Å². The zero-order chi connectivity index (χ0) is 19.7. The molecule has 5 heteroatoms. The monoisotopic (exact) mass is 380 g/mol. The van der Waals surface area contributed by atoms with Crippen molar-refractivity contribution in [3.05, 3.63) is 30.3 Å². The van der Waals surface area contributed by atoms with Gasteiger partial charge in [0, 0.05) is 13.5 Å². The van der Waals surface area contributed by atoms with E-state index in [4.69, 9.17) is 18.9 Å². The van der Waals surface area contributed by atoms with Crippen LogP contribution in [0.5, 0.6) is 5.75 Å². The SMILES string of the molecule is CCC(C)OCCOC(CCCCCCCC(=O)Oc1ccccc1)OC. The molecule has 0 heterocycles. The average Bonchev–Trinajstić information content (AvgIpc) is 2.69.